The Bertz CT molecular complexity index is 617. The number of Topliss-reactive ketones (excluding diaryl/α,β-unsaturated/α-hetero) is 1. The smallest absolute Gasteiger partial charge is 0.187 e. The van der Waals surface area contributed by atoms with Crippen LogP contribution < -0.4 is 4.74 Å². The van der Waals surface area contributed by atoms with Gasteiger partial charge in [0.15, 0.2) is 5.78 Å². The minimum atomic E-state index is -0.0699. The number of hydrogen-bond donors (Lipinski definition) is 0. The van der Waals surface area contributed by atoms with Gasteiger partial charge in [-0.1, -0.05) is 12.1 Å². The summed E-state index contributed by atoms with van der Waals surface area (Å²) < 4.78 is 7.28. The van der Waals surface area contributed by atoms with Crippen molar-refractivity contribution in [3.05, 3.63) is 48.0 Å². The van der Waals surface area contributed by atoms with E-state index >= 15 is 0 Å². The molecular formula is C15H17N3O2. The number of ketones is 1. The van der Waals surface area contributed by atoms with Crippen molar-refractivity contribution >= 4 is 12.0 Å². The second-order valence-electron chi connectivity index (χ2n) is 4.22. The molecule has 2 rings (SSSR count). The lowest BCUT2D eigenvalue weighted by molar-refractivity contribution is 0.0998. The number of rotatable bonds is 6. The third-order valence-electron chi connectivity index (χ3n) is 2.79. The summed E-state index contributed by atoms with van der Waals surface area (Å²) in [5.41, 5.74) is 0.561. The number of imidazole rings is 1. The Morgan fingerprint density at radius 1 is 1.45 bits per heavy atom. The average molecular weight is 271 g/mol. The number of aromatic nitrogens is 2. The highest BCUT2D eigenvalue weighted by molar-refractivity contribution is 6.00. The molecule has 104 valence electrons. The zero-order valence-corrected chi connectivity index (χ0v) is 11.6. The Morgan fingerprint density at radius 3 is 2.95 bits per heavy atom. The van der Waals surface area contributed by atoms with E-state index in [1.165, 1.54) is 0 Å². The van der Waals surface area contributed by atoms with E-state index in [-0.39, 0.29) is 12.3 Å². The summed E-state index contributed by atoms with van der Waals surface area (Å²) >= 11 is 0. The van der Waals surface area contributed by atoms with E-state index in [1.807, 2.05) is 36.9 Å². The minimum absolute atomic E-state index is 0.0699. The molecule has 1 heterocycles. The number of benzene rings is 1. The summed E-state index contributed by atoms with van der Waals surface area (Å²) in [7, 11) is 1.88. The number of carbonyl (C=O) groups is 1. The van der Waals surface area contributed by atoms with E-state index < -0.39 is 0 Å². The van der Waals surface area contributed by atoms with E-state index in [4.69, 9.17) is 4.74 Å². The first-order valence-electron chi connectivity index (χ1n) is 6.44. The summed E-state index contributed by atoms with van der Waals surface area (Å²) in [6, 6.07) is 7.21. The van der Waals surface area contributed by atoms with Gasteiger partial charge in [0.05, 0.1) is 18.4 Å². The first-order valence-corrected chi connectivity index (χ1v) is 6.44. The topological polar surface area (TPSA) is 56.5 Å². The first-order chi connectivity index (χ1) is 9.72. The van der Waals surface area contributed by atoms with Crippen molar-refractivity contribution in [2.45, 2.75) is 6.92 Å². The highest BCUT2D eigenvalue weighted by Gasteiger charge is 2.10. The predicted octanol–water partition coefficient (Wildman–Crippen LogP) is 2.12. The molecule has 1 aromatic carbocycles. The number of nitrogens with zero attached hydrogens (tertiary/aromatic N) is 3. The van der Waals surface area contributed by atoms with Gasteiger partial charge in [0, 0.05) is 19.4 Å². The maximum Gasteiger partial charge on any atom is 0.187 e. The van der Waals surface area contributed by atoms with Crippen LogP contribution in [-0.2, 0) is 7.05 Å². The predicted molar refractivity (Wildman–Crippen MR) is 77.6 cm³/mol. The molecule has 0 N–H and O–H groups in total. The molecule has 20 heavy (non-hydrogen) atoms. The number of para-hydroxylation sites is 1. The second kappa shape index (κ2) is 6.65. The van der Waals surface area contributed by atoms with Crippen molar-refractivity contribution in [3.63, 3.8) is 0 Å². The maximum atomic E-state index is 12.1. The van der Waals surface area contributed by atoms with Gasteiger partial charge >= 0.3 is 0 Å². The fraction of sp³-hybridized carbons (Fsp3) is 0.267. The van der Waals surface area contributed by atoms with Gasteiger partial charge in [-0.25, -0.2) is 4.98 Å². The molecule has 5 nitrogen and oxygen atoms in total. The largest absolute Gasteiger partial charge is 0.493 e. The molecule has 1 aromatic heterocycles. The SMILES string of the molecule is CCOc1ccccc1C(=O)CN=Cc1nccn1C. The van der Waals surface area contributed by atoms with Gasteiger partial charge < -0.3 is 9.30 Å². The van der Waals surface area contributed by atoms with Crippen LogP contribution in [-0.4, -0.2) is 34.7 Å². The number of ether oxygens (including phenoxy) is 1. The molecule has 0 unspecified atom stereocenters. The minimum Gasteiger partial charge on any atom is -0.493 e. The molecule has 0 atom stereocenters. The van der Waals surface area contributed by atoms with E-state index in [1.54, 1.807) is 24.5 Å². The highest BCUT2D eigenvalue weighted by atomic mass is 16.5. The lowest BCUT2D eigenvalue weighted by atomic mass is 10.1. The Hall–Kier alpha value is -2.43. The Balaban J connectivity index is 2.05. The fourth-order valence-electron chi connectivity index (χ4n) is 1.78. The molecule has 5 heteroatoms. The molecular weight excluding hydrogens is 254 g/mol. The van der Waals surface area contributed by atoms with Crippen molar-refractivity contribution in [1.29, 1.82) is 0 Å². The van der Waals surface area contributed by atoms with E-state index in [9.17, 15) is 4.79 Å². The molecule has 0 bridgehead atoms. The van der Waals surface area contributed by atoms with Gasteiger partial charge in [0.25, 0.3) is 0 Å². The Morgan fingerprint density at radius 2 is 2.25 bits per heavy atom. The Labute approximate surface area is 117 Å². The van der Waals surface area contributed by atoms with Crippen molar-refractivity contribution < 1.29 is 9.53 Å². The summed E-state index contributed by atoms with van der Waals surface area (Å²) in [4.78, 5) is 20.4. The molecule has 2 aromatic rings. The second-order valence-corrected chi connectivity index (χ2v) is 4.22. The number of carbonyl (C=O) groups excluding carboxylic acids is 1. The maximum absolute atomic E-state index is 12.1. The zero-order chi connectivity index (χ0) is 14.4. The van der Waals surface area contributed by atoms with Crippen molar-refractivity contribution in [2.24, 2.45) is 12.0 Å². The molecule has 0 aliphatic carbocycles. The molecule has 0 radical (unpaired) electrons. The molecule has 0 aliphatic rings. The summed E-state index contributed by atoms with van der Waals surface area (Å²) in [5, 5.41) is 0. The zero-order valence-electron chi connectivity index (χ0n) is 11.6. The molecule has 0 spiro atoms. The number of aryl methyl sites for hydroxylation is 1. The lowest BCUT2D eigenvalue weighted by Gasteiger charge is -2.07. The summed E-state index contributed by atoms with van der Waals surface area (Å²) in [6.45, 7) is 2.50. The van der Waals surface area contributed by atoms with Crippen LogP contribution in [0.2, 0.25) is 0 Å². The standard InChI is InChI=1S/C15H17N3O2/c1-3-20-14-7-5-4-6-12(14)13(19)10-16-11-15-17-8-9-18(15)2/h4-9,11H,3,10H2,1-2H3. The van der Waals surface area contributed by atoms with Gasteiger partial charge in [0.1, 0.15) is 18.1 Å². The normalized spacial score (nSPS) is 10.9. The van der Waals surface area contributed by atoms with Crippen LogP contribution in [0.3, 0.4) is 0 Å². The van der Waals surface area contributed by atoms with Crippen LogP contribution in [0.4, 0.5) is 0 Å². The van der Waals surface area contributed by atoms with Crippen LogP contribution in [0.1, 0.15) is 23.1 Å². The van der Waals surface area contributed by atoms with Crippen molar-refractivity contribution in [1.82, 2.24) is 9.55 Å². The lowest BCUT2D eigenvalue weighted by Crippen LogP contribution is -2.07. The van der Waals surface area contributed by atoms with Gasteiger partial charge in [-0.2, -0.15) is 0 Å². The number of aliphatic imine (C=N–C) groups is 1. The molecule has 0 aliphatic heterocycles. The molecule has 0 amide bonds. The molecule has 0 saturated heterocycles. The molecule has 0 saturated carbocycles. The van der Waals surface area contributed by atoms with Gasteiger partial charge in [-0.3, -0.25) is 9.79 Å². The van der Waals surface area contributed by atoms with Crippen molar-refractivity contribution in [3.8, 4) is 5.75 Å². The molecule has 0 fully saturated rings. The monoisotopic (exact) mass is 271 g/mol. The fourth-order valence-corrected chi connectivity index (χ4v) is 1.78. The van der Waals surface area contributed by atoms with E-state index in [0.717, 1.165) is 5.82 Å². The summed E-state index contributed by atoms with van der Waals surface area (Å²) in [5.74, 6) is 1.25. The van der Waals surface area contributed by atoms with Gasteiger partial charge in [-0.15, -0.1) is 0 Å². The van der Waals surface area contributed by atoms with Crippen LogP contribution in [0.25, 0.3) is 0 Å². The van der Waals surface area contributed by atoms with Crippen LogP contribution in [0.15, 0.2) is 41.7 Å². The van der Waals surface area contributed by atoms with Gasteiger partial charge in [0.2, 0.25) is 0 Å². The van der Waals surface area contributed by atoms with E-state index in [0.29, 0.717) is 17.9 Å². The van der Waals surface area contributed by atoms with Crippen LogP contribution in [0, 0.1) is 0 Å². The summed E-state index contributed by atoms with van der Waals surface area (Å²) in [6.07, 6.45) is 5.11. The van der Waals surface area contributed by atoms with E-state index in [2.05, 4.69) is 9.98 Å². The van der Waals surface area contributed by atoms with Crippen LogP contribution >= 0.6 is 0 Å². The number of hydrogen-bond acceptors (Lipinski definition) is 4. The average Bonchev–Trinajstić information content (AvgIpc) is 2.85. The third-order valence-corrected chi connectivity index (χ3v) is 2.79. The van der Waals surface area contributed by atoms with Gasteiger partial charge in [-0.05, 0) is 19.1 Å². The first kappa shape index (κ1) is 14.0. The Kier molecular flexibility index (Phi) is 4.65. The highest BCUT2D eigenvalue weighted by Crippen LogP contribution is 2.18. The van der Waals surface area contributed by atoms with Crippen molar-refractivity contribution in [2.75, 3.05) is 13.2 Å². The third kappa shape index (κ3) is 3.32. The quantitative estimate of drug-likeness (QED) is 0.597. The van der Waals surface area contributed by atoms with Crippen LogP contribution in [0.5, 0.6) is 5.75 Å².